The molecule has 0 saturated carbocycles. The minimum Gasteiger partial charge on any atom is -0.350 e. The summed E-state index contributed by atoms with van der Waals surface area (Å²) in [7, 11) is 0. The third-order valence-electron chi connectivity index (χ3n) is 3.68. The van der Waals surface area contributed by atoms with E-state index in [4.69, 9.17) is 5.21 Å². The summed E-state index contributed by atoms with van der Waals surface area (Å²) in [5.41, 5.74) is 3.28. The maximum atomic E-state index is 13.6. The molecule has 5 nitrogen and oxygen atoms in total. The van der Waals surface area contributed by atoms with E-state index >= 15 is 0 Å². The van der Waals surface area contributed by atoms with Gasteiger partial charge in [0.25, 0.3) is 11.8 Å². The van der Waals surface area contributed by atoms with Crippen molar-refractivity contribution in [1.82, 2.24) is 10.8 Å². The van der Waals surface area contributed by atoms with E-state index < -0.39 is 23.4 Å². The molecule has 0 atom stereocenters. The summed E-state index contributed by atoms with van der Waals surface area (Å²) < 4.78 is 26.9. The van der Waals surface area contributed by atoms with E-state index in [9.17, 15) is 18.4 Å². The summed E-state index contributed by atoms with van der Waals surface area (Å²) in [5, 5.41) is 11.2. The summed E-state index contributed by atoms with van der Waals surface area (Å²) in [6.07, 6.45) is 4.23. The molecule has 0 aromatic heterocycles. The van der Waals surface area contributed by atoms with Gasteiger partial charge >= 0.3 is 0 Å². The summed E-state index contributed by atoms with van der Waals surface area (Å²) in [4.78, 5) is 23.6. The van der Waals surface area contributed by atoms with Crippen molar-refractivity contribution in [2.24, 2.45) is 0 Å². The lowest BCUT2D eigenvalue weighted by Gasteiger charge is -2.12. The number of carbonyl (C=O) groups is 2. The summed E-state index contributed by atoms with van der Waals surface area (Å²) in [6.45, 7) is 3.59. The second-order valence-electron chi connectivity index (χ2n) is 6.29. The molecule has 0 aliphatic rings. The van der Waals surface area contributed by atoms with Crippen LogP contribution < -0.4 is 10.8 Å². The van der Waals surface area contributed by atoms with Gasteiger partial charge in [0.1, 0.15) is 0 Å². The lowest BCUT2D eigenvalue weighted by atomic mass is 10.0. The Morgan fingerprint density at radius 3 is 2.21 bits per heavy atom. The molecule has 7 heteroatoms. The number of hydrogen-bond acceptors (Lipinski definition) is 3. The van der Waals surface area contributed by atoms with Crippen molar-refractivity contribution in [3.05, 3.63) is 76.9 Å². The maximum absolute atomic E-state index is 13.6. The molecule has 0 unspecified atom stereocenters. The molecule has 2 aromatic carbocycles. The Kier molecular flexibility index (Phi) is 7.17. The van der Waals surface area contributed by atoms with Crippen LogP contribution >= 0.6 is 0 Å². The molecule has 0 aliphatic heterocycles. The number of rotatable bonds is 6. The van der Waals surface area contributed by atoms with Gasteiger partial charge in [-0.1, -0.05) is 30.3 Å². The number of halogens is 2. The summed E-state index contributed by atoms with van der Waals surface area (Å²) in [5.74, 6) is -3.10. The van der Waals surface area contributed by atoms with Crippen LogP contribution in [0.25, 0.3) is 17.7 Å². The Balaban J connectivity index is 2.38. The van der Waals surface area contributed by atoms with Crippen LogP contribution in [0.5, 0.6) is 0 Å². The third-order valence-corrected chi connectivity index (χ3v) is 3.68. The molecular weight excluding hydrogens is 366 g/mol. The molecule has 0 bridgehead atoms. The van der Waals surface area contributed by atoms with Crippen LogP contribution in [0, 0.1) is 11.6 Å². The molecule has 0 fully saturated rings. The third kappa shape index (κ3) is 5.85. The molecule has 2 amide bonds. The molecule has 0 heterocycles. The van der Waals surface area contributed by atoms with Gasteiger partial charge in [-0.2, -0.15) is 0 Å². The van der Waals surface area contributed by atoms with Crippen molar-refractivity contribution < 1.29 is 23.6 Å². The fourth-order valence-corrected chi connectivity index (χ4v) is 2.36. The summed E-state index contributed by atoms with van der Waals surface area (Å²) in [6, 6.07) is 9.98. The Morgan fingerprint density at radius 2 is 1.64 bits per heavy atom. The fourth-order valence-electron chi connectivity index (χ4n) is 2.36. The smallest absolute Gasteiger partial charge is 0.267 e. The Morgan fingerprint density at radius 1 is 1.00 bits per heavy atom. The number of hydroxylamine groups is 1. The fraction of sp³-hybridized carbons (Fsp3) is 0.143. The number of hydrogen-bond donors (Lipinski definition) is 3. The van der Waals surface area contributed by atoms with Crippen LogP contribution in [-0.2, 0) is 9.59 Å². The van der Waals surface area contributed by atoms with Crippen molar-refractivity contribution in [2.75, 3.05) is 0 Å². The predicted molar refractivity (Wildman–Crippen MR) is 103 cm³/mol. The second kappa shape index (κ2) is 9.57. The zero-order chi connectivity index (χ0) is 20.7. The molecule has 3 N–H and O–H groups in total. The van der Waals surface area contributed by atoms with E-state index in [1.165, 1.54) is 17.6 Å². The van der Waals surface area contributed by atoms with Gasteiger partial charge in [-0.3, -0.25) is 14.8 Å². The second-order valence-corrected chi connectivity index (χ2v) is 6.29. The SMILES string of the molecule is CC(C)NC(=O)C(=Cc1ccc(C=CC(=O)NO)cc1)c1ccc(F)c(F)c1. The van der Waals surface area contributed by atoms with Crippen molar-refractivity contribution in [1.29, 1.82) is 0 Å². The van der Waals surface area contributed by atoms with E-state index in [2.05, 4.69) is 5.32 Å². The number of nitrogens with one attached hydrogen (secondary N) is 2. The van der Waals surface area contributed by atoms with Gasteiger partial charge in [-0.15, -0.1) is 0 Å². The van der Waals surface area contributed by atoms with Gasteiger partial charge < -0.3 is 5.32 Å². The van der Waals surface area contributed by atoms with E-state index in [1.807, 2.05) is 0 Å². The van der Waals surface area contributed by atoms with E-state index in [0.29, 0.717) is 11.1 Å². The highest BCUT2D eigenvalue weighted by Crippen LogP contribution is 2.21. The quantitative estimate of drug-likeness (QED) is 0.308. The first kappa shape index (κ1) is 21.0. The number of carbonyl (C=O) groups excluding carboxylic acids is 2. The Bertz CT molecular complexity index is 920. The van der Waals surface area contributed by atoms with Gasteiger partial charge in [0, 0.05) is 17.7 Å². The molecule has 28 heavy (non-hydrogen) atoms. The minimum absolute atomic E-state index is 0.133. The monoisotopic (exact) mass is 386 g/mol. The lowest BCUT2D eigenvalue weighted by molar-refractivity contribution is -0.124. The highest BCUT2D eigenvalue weighted by atomic mass is 19.2. The van der Waals surface area contributed by atoms with Crippen molar-refractivity contribution in [3.8, 4) is 0 Å². The molecule has 0 saturated heterocycles. The van der Waals surface area contributed by atoms with Crippen molar-refractivity contribution in [2.45, 2.75) is 19.9 Å². The Hall–Kier alpha value is -3.32. The Labute approximate surface area is 161 Å². The first-order valence-corrected chi connectivity index (χ1v) is 8.50. The molecule has 2 rings (SSSR count). The normalized spacial score (nSPS) is 11.7. The van der Waals surface area contributed by atoms with E-state index in [1.54, 1.807) is 44.2 Å². The van der Waals surface area contributed by atoms with Gasteiger partial charge in [0.2, 0.25) is 0 Å². The van der Waals surface area contributed by atoms with Crippen LogP contribution in [0.1, 0.15) is 30.5 Å². The number of amides is 2. The molecule has 0 spiro atoms. The van der Waals surface area contributed by atoms with Crippen LogP contribution in [0.15, 0.2) is 48.5 Å². The minimum atomic E-state index is -1.04. The van der Waals surface area contributed by atoms with Crippen LogP contribution in [-0.4, -0.2) is 23.1 Å². The number of benzene rings is 2. The largest absolute Gasteiger partial charge is 0.350 e. The first-order chi connectivity index (χ1) is 13.3. The standard InChI is InChI=1S/C21H20F2N2O3/c1-13(2)24-21(27)17(16-8-9-18(22)19(23)12-16)11-15-5-3-14(4-6-15)7-10-20(26)25-28/h3-13,28H,1-2H3,(H,24,27)(H,25,26). The van der Waals surface area contributed by atoms with Crippen molar-refractivity contribution in [3.63, 3.8) is 0 Å². The zero-order valence-corrected chi connectivity index (χ0v) is 15.4. The molecule has 0 radical (unpaired) electrons. The molecule has 0 aliphatic carbocycles. The zero-order valence-electron chi connectivity index (χ0n) is 15.4. The molecular formula is C21H20F2N2O3. The van der Waals surface area contributed by atoms with Gasteiger partial charge in [-0.05, 0) is 54.8 Å². The maximum Gasteiger partial charge on any atom is 0.267 e. The predicted octanol–water partition coefficient (Wildman–Crippen LogP) is 3.55. The highest BCUT2D eigenvalue weighted by Gasteiger charge is 2.15. The van der Waals surface area contributed by atoms with Crippen molar-refractivity contribution >= 4 is 29.5 Å². The van der Waals surface area contributed by atoms with Crippen LogP contribution in [0.2, 0.25) is 0 Å². The first-order valence-electron chi connectivity index (χ1n) is 8.50. The van der Waals surface area contributed by atoms with Gasteiger partial charge in [0.15, 0.2) is 11.6 Å². The highest BCUT2D eigenvalue weighted by molar-refractivity contribution is 6.24. The van der Waals surface area contributed by atoms with Crippen LogP contribution in [0.4, 0.5) is 8.78 Å². The summed E-state index contributed by atoms with van der Waals surface area (Å²) >= 11 is 0. The van der Waals surface area contributed by atoms with E-state index in [-0.39, 0.29) is 17.2 Å². The van der Waals surface area contributed by atoms with E-state index in [0.717, 1.165) is 18.2 Å². The van der Waals surface area contributed by atoms with Crippen LogP contribution in [0.3, 0.4) is 0 Å². The average molecular weight is 386 g/mol. The van der Waals surface area contributed by atoms with Gasteiger partial charge in [-0.25, -0.2) is 14.3 Å². The lowest BCUT2D eigenvalue weighted by Crippen LogP contribution is -2.30. The average Bonchev–Trinajstić information content (AvgIpc) is 2.66. The molecule has 146 valence electrons. The van der Waals surface area contributed by atoms with Gasteiger partial charge in [0.05, 0.1) is 0 Å². The topological polar surface area (TPSA) is 78.4 Å². The molecule has 2 aromatic rings.